The molecule has 0 bridgehead atoms. The number of carbonyl (C=O) groups excluding carboxylic acids is 3. The van der Waals surface area contributed by atoms with Gasteiger partial charge in [0.25, 0.3) is 5.91 Å². The van der Waals surface area contributed by atoms with Gasteiger partial charge in [0.1, 0.15) is 17.0 Å². The molecule has 224 valence electrons. The minimum Gasteiger partial charge on any atom is -0.494 e. The second kappa shape index (κ2) is 15.8. The number of benzene rings is 2. The summed E-state index contributed by atoms with van der Waals surface area (Å²) < 4.78 is 22.4. The molecule has 8 nitrogen and oxygen atoms in total. The van der Waals surface area contributed by atoms with Gasteiger partial charge in [-0.3, -0.25) is 4.79 Å². The summed E-state index contributed by atoms with van der Waals surface area (Å²) in [4.78, 5) is 38.4. The number of unbranched alkanes of at least 4 members (excludes halogenated alkanes) is 5. The predicted octanol–water partition coefficient (Wildman–Crippen LogP) is 7.62. The molecule has 1 amide bonds. The minimum absolute atomic E-state index is 0.153. The van der Waals surface area contributed by atoms with E-state index in [0.29, 0.717) is 23.6 Å². The highest BCUT2D eigenvalue weighted by Gasteiger charge is 2.25. The minimum atomic E-state index is -0.846. The van der Waals surface area contributed by atoms with E-state index in [4.69, 9.17) is 18.9 Å². The number of para-hydroxylation sites is 2. The lowest BCUT2D eigenvalue weighted by Crippen LogP contribution is -2.28. The highest BCUT2D eigenvalue weighted by atomic mass is 16.6. The lowest BCUT2D eigenvalue weighted by molar-refractivity contribution is -0.154. The summed E-state index contributed by atoms with van der Waals surface area (Å²) in [5.41, 5.74) is -0.873. The molecular weight excluding hydrogens is 522 g/mol. The molecule has 0 aliphatic heterocycles. The normalized spacial score (nSPS) is 11.9. The topological polar surface area (TPSA) is 100 Å². The van der Waals surface area contributed by atoms with Crippen LogP contribution in [0.3, 0.4) is 0 Å². The summed E-state index contributed by atoms with van der Waals surface area (Å²) >= 11 is 0. The van der Waals surface area contributed by atoms with E-state index in [0.717, 1.165) is 18.9 Å². The Morgan fingerprint density at radius 2 is 1.39 bits per heavy atom. The van der Waals surface area contributed by atoms with E-state index in [1.54, 1.807) is 90.1 Å². The van der Waals surface area contributed by atoms with Gasteiger partial charge in [0.15, 0.2) is 5.75 Å². The number of anilines is 1. The van der Waals surface area contributed by atoms with Gasteiger partial charge in [-0.15, -0.1) is 0 Å². The second-order valence-electron chi connectivity index (χ2n) is 11.7. The Hall–Kier alpha value is -3.81. The fourth-order valence-corrected chi connectivity index (χ4v) is 3.64. The molecule has 0 spiro atoms. The first-order valence-corrected chi connectivity index (χ1v) is 14.3. The van der Waals surface area contributed by atoms with Crippen LogP contribution in [0.5, 0.6) is 11.5 Å². The fourth-order valence-electron chi connectivity index (χ4n) is 3.64. The zero-order chi connectivity index (χ0) is 30.5. The van der Waals surface area contributed by atoms with Crippen molar-refractivity contribution in [2.24, 2.45) is 0 Å². The number of carbonyl (C=O) groups is 3. The molecule has 0 aromatic heterocycles. The van der Waals surface area contributed by atoms with E-state index in [9.17, 15) is 14.4 Å². The number of hydrogen-bond acceptors (Lipinski definition) is 7. The smallest absolute Gasteiger partial charge is 0.375 e. The molecule has 0 aliphatic rings. The average molecular weight is 568 g/mol. The van der Waals surface area contributed by atoms with Crippen molar-refractivity contribution in [3.05, 3.63) is 65.9 Å². The molecule has 0 fully saturated rings. The molecule has 41 heavy (non-hydrogen) atoms. The first-order valence-electron chi connectivity index (χ1n) is 14.3. The predicted molar refractivity (Wildman–Crippen MR) is 160 cm³/mol. The quantitative estimate of drug-likeness (QED) is 0.108. The van der Waals surface area contributed by atoms with Gasteiger partial charge in [0.05, 0.1) is 18.4 Å². The zero-order valence-electron chi connectivity index (χ0n) is 25.5. The van der Waals surface area contributed by atoms with Crippen molar-refractivity contribution in [2.45, 2.75) is 98.2 Å². The summed E-state index contributed by atoms with van der Waals surface area (Å²) in [6.07, 6.45) is 8.07. The lowest BCUT2D eigenvalue weighted by Gasteiger charge is -2.22. The Morgan fingerprint density at radius 1 is 0.780 bits per heavy atom. The molecule has 2 rings (SSSR count). The van der Waals surface area contributed by atoms with Crippen LogP contribution < -0.4 is 14.8 Å². The molecule has 2 aromatic rings. The van der Waals surface area contributed by atoms with Crippen LogP contribution in [0.1, 0.15) is 97.3 Å². The highest BCUT2D eigenvalue weighted by Crippen LogP contribution is 2.28. The van der Waals surface area contributed by atoms with Gasteiger partial charge in [-0.2, -0.15) is 0 Å². The number of nitrogens with one attached hydrogen (secondary N) is 1. The molecule has 0 saturated carbocycles. The number of ether oxygens (including phenoxy) is 4. The Balaban J connectivity index is 2.11. The Morgan fingerprint density at radius 3 is 2.02 bits per heavy atom. The number of amides is 1. The van der Waals surface area contributed by atoms with Crippen LogP contribution in [0.2, 0.25) is 0 Å². The van der Waals surface area contributed by atoms with Gasteiger partial charge >= 0.3 is 11.9 Å². The van der Waals surface area contributed by atoms with E-state index in [2.05, 4.69) is 12.2 Å². The maximum Gasteiger partial charge on any atom is 0.375 e. The van der Waals surface area contributed by atoms with Crippen LogP contribution in [0.25, 0.3) is 0 Å². The number of rotatable bonds is 14. The SMILES string of the molecule is CCCCCCCCOc1ccc(C(=O)Nc2ccccc2O/C(=C/C(=O)OC(C)(C)C)C(=O)OC(C)(C)C)cc1. The van der Waals surface area contributed by atoms with Crippen LogP contribution in [-0.2, 0) is 19.1 Å². The van der Waals surface area contributed by atoms with Crippen molar-refractivity contribution in [2.75, 3.05) is 11.9 Å². The van der Waals surface area contributed by atoms with Crippen molar-refractivity contribution >= 4 is 23.5 Å². The van der Waals surface area contributed by atoms with Gasteiger partial charge < -0.3 is 24.3 Å². The summed E-state index contributed by atoms with van der Waals surface area (Å²) in [5, 5.41) is 2.81. The molecule has 0 saturated heterocycles. The molecule has 1 N–H and O–H groups in total. The number of esters is 2. The standard InChI is InChI=1S/C33H45NO7/c1-8-9-10-11-12-15-22-38-25-20-18-24(19-21-25)30(36)34-26-16-13-14-17-27(26)39-28(31(37)41-33(5,6)7)23-29(35)40-32(2,3)4/h13-14,16-21,23H,8-12,15,22H2,1-7H3,(H,34,36)/b28-23+. The van der Waals surface area contributed by atoms with Crippen LogP contribution in [0.4, 0.5) is 5.69 Å². The van der Waals surface area contributed by atoms with E-state index >= 15 is 0 Å². The first kappa shape index (κ1) is 33.4. The van der Waals surface area contributed by atoms with Crippen LogP contribution in [0.15, 0.2) is 60.4 Å². The maximum atomic E-state index is 13.0. The average Bonchev–Trinajstić information content (AvgIpc) is 2.87. The van der Waals surface area contributed by atoms with E-state index in [-0.39, 0.29) is 17.4 Å². The van der Waals surface area contributed by atoms with Crippen LogP contribution in [0, 0.1) is 0 Å². The summed E-state index contributed by atoms with van der Waals surface area (Å²) in [7, 11) is 0. The van der Waals surface area contributed by atoms with Crippen molar-refractivity contribution in [3.63, 3.8) is 0 Å². The van der Waals surface area contributed by atoms with E-state index in [1.165, 1.54) is 25.7 Å². The van der Waals surface area contributed by atoms with Crippen molar-refractivity contribution in [3.8, 4) is 11.5 Å². The van der Waals surface area contributed by atoms with Crippen molar-refractivity contribution in [1.82, 2.24) is 0 Å². The summed E-state index contributed by atoms with van der Waals surface area (Å²) in [6, 6.07) is 13.5. The first-order chi connectivity index (χ1) is 19.3. The monoisotopic (exact) mass is 567 g/mol. The molecule has 0 unspecified atom stereocenters. The third-order valence-electron chi connectivity index (χ3n) is 5.49. The van der Waals surface area contributed by atoms with Crippen molar-refractivity contribution in [1.29, 1.82) is 0 Å². The van der Waals surface area contributed by atoms with Gasteiger partial charge in [0, 0.05) is 5.56 Å². The van der Waals surface area contributed by atoms with E-state index < -0.39 is 23.1 Å². The van der Waals surface area contributed by atoms with Gasteiger partial charge in [-0.25, -0.2) is 9.59 Å². The molecule has 0 atom stereocenters. The highest BCUT2D eigenvalue weighted by molar-refractivity contribution is 6.05. The van der Waals surface area contributed by atoms with E-state index in [1.807, 2.05) is 0 Å². The molecule has 8 heteroatoms. The Kier molecular flexibility index (Phi) is 12.9. The third-order valence-corrected chi connectivity index (χ3v) is 5.49. The molecule has 0 aliphatic carbocycles. The van der Waals surface area contributed by atoms with Crippen molar-refractivity contribution < 1.29 is 33.3 Å². The molecule has 0 radical (unpaired) electrons. The van der Waals surface area contributed by atoms with Crippen LogP contribution >= 0.6 is 0 Å². The zero-order valence-corrected chi connectivity index (χ0v) is 25.5. The third kappa shape index (κ3) is 13.4. The van der Waals surface area contributed by atoms with Gasteiger partial charge in [0.2, 0.25) is 5.76 Å². The fraction of sp³-hybridized carbons (Fsp3) is 0.485. The summed E-state index contributed by atoms with van der Waals surface area (Å²) in [5.74, 6) is -1.51. The lowest BCUT2D eigenvalue weighted by atomic mass is 10.1. The number of hydrogen-bond donors (Lipinski definition) is 1. The van der Waals surface area contributed by atoms with Gasteiger partial charge in [-0.1, -0.05) is 51.2 Å². The maximum absolute atomic E-state index is 13.0. The molecule has 0 heterocycles. The van der Waals surface area contributed by atoms with Crippen LogP contribution in [-0.4, -0.2) is 35.7 Å². The Labute approximate surface area is 244 Å². The van der Waals surface area contributed by atoms with Gasteiger partial charge in [-0.05, 0) is 84.4 Å². The largest absolute Gasteiger partial charge is 0.494 e. The molecule has 2 aromatic carbocycles. The molecular formula is C33H45NO7. The second-order valence-corrected chi connectivity index (χ2v) is 11.7. The Bertz CT molecular complexity index is 1170. The summed E-state index contributed by atoms with van der Waals surface area (Å²) in [6.45, 7) is 13.1.